The molecular weight excluding hydrogens is 322 g/mol. The number of benzene rings is 1. The monoisotopic (exact) mass is 341 g/mol. The molecule has 7 heteroatoms. The van der Waals surface area contributed by atoms with Gasteiger partial charge in [-0.2, -0.15) is 5.26 Å². The summed E-state index contributed by atoms with van der Waals surface area (Å²) in [6, 6.07) is 8.20. The van der Waals surface area contributed by atoms with E-state index in [1.807, 2.05) is 6.07 Å². The van der Waals surface area contributed by atoms with Gasteiger partial charge in [0.25, 0.3) is 0 Å². The van der Waals surface area contributed by atoms with Gasteiger partial charge >= 0.3 is 5.97 Å². The smallest absolute Gasteiger partial charge is 0.305 e. The first-order chi connectivity index (χ1) is 12.0. The Morgan fingerprint density at radius 1 is 1.36 bits per heavy atom. The number of pyridine rings is 1. The number of nitriles is 1. The molecule has 1 heterocycles. The Morgan fingerprint density at radius 3 is 2.60 bits per heavy atom. The van der Waals surface area contributed by atoms with E-state index in [0.717, 1.165) is 5.56 Å². The van der Waals surface area contributed by atoms with E-state index < -0.39 is 12.0 Å². The second kappa shape index (κ2) is 8.24. The molecule has 0 aliphatic rings. The third-order valence-corrected chi connectivity index (χ3v) is 3.95. The molecule has 0 radical (unpaired) electrons. The van der Waals surface area contributed by atoms with E-state index in [1.165, 1.54) is 0 Å². The molecule has 0 saturated heterocycles. The predicted octanol–water partition coefficient (Wildman–Crippen LogP) is 1.77. The van der Waals surface area contributed by atoms with Crippen molar-refractivity contribution < 1.29 is 20.1 Å². The first kappa shape index (κ1) is 18.4. The summed E-state index contributed by atoms with van der Waals surface area (Å²) in [5.74, 6) is -1.02. The molecule has 0 amide bonds. The average molecular weight is 341 g/mol. The normalized spacial score (nSPS) is 11.7. The van der Waals surface area contributed by atoms with Crippen LogP contribution in [0.5, 0.6) is 5.75 Å². The predicted molar refractivity (Wildman–Crippen MR) is 89.6 cm³/mol. The van der Waals surface area contributed by atoms with Gasteiger partial charge in [-0.1, -0.05) is 12.1 Å². The summed E-state index contributed by atoms with van der Waals surface area (Å²) in [5.41, 5.74) is 2.61. The van der Waals surface area contributed by atoms with Crippen molar-refractivity contribution in [2.24, 2.45) is 0 Å². The molecule has 0 aliphatic carbocycles. The molecular formula is C18H19N3O4. The van der Waals surface area contributed by atoms with Gasteiger partial charge in [-0.15, -0.1) is 0 Å². The molecule has 1 aromatic heterocycles. The van der Waals surface area contributed by atoms with Crippen LogP contribution in [-0.2, 0) is 17.9 Å². The fourth-order valence-corrected chi connectivity index (χ4v) is 2.52. The van der Waals surface area contributed by atoms with Crippen molar-refractivity contribution in [3.05, 3.63) is 58.4 Å². The molecule has 2 aromatic rings. The Balaban J connectivity index is 2.22. The topological polar surface area (TPSA) is 126 Å². The Bertz CT molecular complexity index is 797. The lowest BCUT2D eigenvalue weighted by Crippen LogP contribution is -2.24. The maximum atomic E-state index is 11.2. The number of aliphatic hydroxyl groups excluding tert-OH is 1. The number of carboxylic acid groups (broad SMARTS) is 1. The van der Waals surface area contributed by atoms with Gasteiger partial charge in [0.15, 0.2) is 0 Å². The number of hydrogen-bond donors (Lipinski definition) is 4. The van der Waals surface area contributed by atoms with Crippen LogP contribution < -0.4 is 5.32 Å². The summed E-state index contributed by atoms with van der Waals surface area (Å²) in [7, 11) is 0. The molecule has 0 fully saturated rings. The lowest BCUT2D eigenvalue weighted by Gasteiger charge is -2.19. The fraction of sp³-hybridized carbons (Fsp3) is 0.278. The minimum absolute atomic E-state index is 0.0602. The van der Waals surface area contributed by atoms with Crippen molar-refractivity contribution in [2.45, 2.75) is 32.5 Å². The number of aliphatic hydroxyl groups is 1. The Kier molecular flexibility index (Phi) is 6.06. The van der Waals surface area contributed by atoms with Gasteiger partial charge < -0.3 is 20.6 Å². The molecule has 0 aliphatic heterocycles. The molecule has 130 valence electrons. The standard InChI is InChI=1S/C18H19N3O4/c1-11-18(25)15(10-22)14(8-20-11)9-21-16(6-17(23)24)13-4-2-12(7-19)3-5-13/h2-5,8,16,21-22,25H,6,9-10H2,1H3,(H,23,24). The highest BCUT2D eigenvalue weighted by Crippen LogP contribution is 2.25. The molecule has 1 atom stereocenters. The Labute approximate surface area is 145 Å². The molecule has 0 bridgehead atoms. The number of carbonyl (C=O) groups is 1. The van der Waals surface area contributed by atoms with E-state index in [1.54, 1.807) is 37.4 Å². The number of aliphatic carboxylic acids is 1. The van der Waals surface area contributed by atoms with Crippen LogP contribution in [0.3, 0.4) is 0 Å². The zero-order valence-corrected chi connectivity index (χ0v) is 13.7. The van der Waals surface area contributed by atoms with Gasteiger partial charge in [-0.3, -0.25) is 9.78 Å². The van der Waals surface area contributed by atoms with Crippen LogP contribution in [0.25, 0.3) is 0 Å². The van der Waals surface area contributed by atoms with Crippen LogP contribution in [0.4, 0.5) is 0 Å². The van der Waals surface area contributed by atoms with E-state index in [4.69, 9.17) is 10.4 Å². The quantitative estimate of drug-likeness (QED) is 0.604. The number of nitrogens with zero attached hydrogens (tertiary/aromatic N) is 2. The summed E-state index contributed by atoms with van der Waals surface area (Å²) >= 11 is 0. The molecule has 1 unspecified atom stereocenters. The third-order valence-electron chi connectivity index (χ3n) is 3.95. The first-order valence-corrected chi connectivity index (χ1v) is 7.68. The van der Waals surface area contributed by atoms with Crippen molar-refractivity contribution in [1.29, 1.82) is 5.26 Å². The number of hydrogen-bond acceptors (Lipinski definition) is 6. The summed E-state index contributed by atoms with van der Waals surface area (Å²) in [6.07, 6.45) is 1.40. The molecule has 0 saturated carbocycles. The number of carboxylic acids is 1. The van der Waals surface area contributed by atoms with Crippen molar-refractivity contribution in [1.82, 2.24) is 10.3 Å². The van der Waals surface area contributed by atoms with Gasteiger partial charge in [0.05, 0.1) is 30.4 Å². The molecule has 7 nitrogen and oxygen atoms in total. The van der Waals surface area contributed by atoms with E-state index in [9.17, 15) is 15.0 Å². The van der Waals surface area contributed by atoms with Crippen LogP contribution in [0.15, 0.2) is 30.5 Å². The highest BCUT2D eigenvalue weighted by molar-refractivity contribution is 5.68. The van der Waals surface area contributed by atoms with Crippen molar-refractivity contribution >= 4 is 5.97 Å². The largest absolute Gasteiger partial charge is 0.506 e. The first-order valence-electron chi connectivity index (χ1n) is 7.68. The maximum absolute atomic E-state index is 11.2. The van der Waals surface area contributed by atoms with Gasteiger partial charge in [0.2, 0.25) is 0 Å². The second-order valence-corrected chi connectivity index (χ2v) is 5.62. The Morgan fingerprint density at radius 2 is 2.04 bits per heavy atom. The summed E-state index contributed by atoms with van der Waals surface area (Å²) in [4.78, 5) is 15.2. The van der Waals surface area contributed by atoms with E-state index in [2.05, 4.69) is 10.3 Å². The lowest BCUT2D eigenvalue weighted by molar-refractivity contribution is -0.137. The van der Waals surface area contributed by atoms with Crippen molar-refractivity contribution in [2.75, 3.05) is 0 Å². The molecule has 4 N–H and O–H groups in total. The van der Waals surface area contributed by atoms with Crippen LogP contribution >= 0.6 is 0 Å². The maximum Gasteiger partial charge on any atom is 0.305 e. The number of aromatic hydroxyl groups is 1. The highest BCUT2D eigenvalue weighted by atomic mass is 16.4. The van der Waals surface area contributed by atoms with E-state index >= 15 is 0 Å². The zero-order valence-electron chi connectivity index (χ0n) is 13.7. The van der Waals surface area contributed by atoms with Gasteiger partial charge in [-0.25, -0.2) is 0 Å². The highest BCUT2D eigenvalue weighted by Gasteiger charge is 2.17. The molecule has 1 aromatic carbocycles. The summed E-state index contributed by atoms with van der Waals surface area (Å²) in [5, 5.41) is 40.6. The zero-order chi connectivity index (χ0) is 18.4. The second-order valence-electron chi connectivity index (χ2n) is 5.62. The number of nitrogens with one attached hydrogen (secondary N) is 1. The molecule has 25 heavy (non-hydrogen) atoms. The third kappa shape index (κ3) is 4.53. The van der Waals surface area contributed by atoms with Crippen molar-refractivity contribution in [3.8, 4) is 11.8 Å². The van der Waals surface area contributed by atoms with Crippen LogP contribution in [0.2, 0.25) is 0 Å². The van der Waals surface area contributed by atoms with E-state index in [0.29, 0.717) is 22.4 Å². The van der Waals surface area contributed by atoms with E-state index in [-0.39, 0.29) is 25.3 Å². The lowest BCUT2D eigenvalue weighted by atomic mass is 10.0. The number of rotatable bonds is 7. The van der Waals surface area contributed by atoms with Crippen molar-refractivity contribution in [3.63, 3.8) is 0 Å². The molecule has 0 spiro atoms. The fourth-order valence-electron chi connectivity index (χ4n) is 2.52. The van der Waals surface area contributed by atoms with Crippen LogP contribution in [-0.4, -0.2) is 26.3 Å². The SMILES string of the molecule is Cc1ncc(CNC(CC(=O)O)c2ccc(C#N)cc2)c(CO)c1O. The van der Waals surface area contributed by atoms with Crippen LogP contribution in [0.1, 0.15) is 40.4 Å². The minimum atomic E-state index is -0.964. The van der Waals surface area contributed by atoms with Gasteiger partial charge in [-0.05, 0) is 30.2 Å². The summed E-state index contributed by atoms with van der Waals surface area (Å²) in [6.45, 7) is 1.52. The summed E-state index contributed by atoms with van der Waals surface area (Å²) < 4.78 is 0. The minimum Gasteiger partial charge on any atom is -0.506 e. The number of aromatic nitrogens is 1. The van der Waals surface area contributed by atoms with Gasteiger partial charge in [0, 0.05) is 24.3 Å². The average Bonchev–Trinajstić information content (AvgIpc) is 2.61. The van der Waals surface area contributed by atoms with Gasteiger partial charge in [0.1, 0.15) is 5.75 Å². The van der Waals surface area contributed by atoms with Crippen LogP contribution in [0, 0.1) is 18.3 Å². The Hall–Kier alpha value is -2.95. The molecule has 2 rings (SSSR count). The number of aryl methyl sites for hydroxylation is 1.